The minimum atomic E-state index is -0.904. The van der Waals surface area contributed by atoms with Crippen LogP contribution in [0, 0.1) is 17.6 Å². The average Bonchev–Trinajstić information content (AvgIpc) is 3.15. The lowest BCUT2D eigenvalue weighted by molar-refractivity contribution is 0.385. The van der Waals surface area contributed by atoms with Gasteiger partial charge in [0.15, 0.2) is 11.8 Å². The van der Waals surface area contributed by atoms with Crippen LogP contribution in [-0.4, -0.2) is 32.8 Å². The molecule has 0 amide bonds. The zero-order valence-corrected chi connectivity index (χ0v) is 16.3. The van der Waals surface area contributed by atoms with Crippen molar-refractivity contribution in [3.8, 4) is 0 Å². The molecule has 1 fully saturated rings. The summed E-state index contributed by atoms with van der Waals surface area (Å²) < 4.78 is 57.4. The number of nitrogens with two attached hydrogens (primary N) is 1. The van der Waals surface area contributed by atoms with E-state index in [1.54, 1.807) is 11.0 Å². The van der Waals surface area contributed by atoms with Gasteiger partial charge < -0.3 is 15.4 Å². The van der Waals surface area contributed by atoms with Crippen LogP contribution in [-0.2, 0) is 0 Å². The number of allylic oxidation sites excluding steroid dienone is 1. The molecule has 2 aliphatic heterocycles. The van der Waals surface area contributed by atoms with Crippen LogP contribution in [0.2, 0.25) is 5.02 Å². The molecule has 0 aromatic heterocycles. The molecule has 150 valence electrons. The van der Waals surface area contributed by atoms with E-state index in [2.05, 4.69) is 15.4 Å². The van der Waals surface area contributed by atoms with E-state index < -0.39 is 24.3 Å². The number of rotatable bonds is 5. The standard InChI is InChI=1S/C16H16ClF4N3S.CH5N/c17-14-11(24-5-4-9(7-18)8-24)6-10(19)16(15(14)21)25-23-13-3-1-2-12(20)22-13;1-2/h3,6,9,23H,1-2,4-5,7-8H2;2H2,1H3. The molecule has 27 heavy (non-hydrogen) atoms. The third kappa shape index (κ3) is 5.30. The third-order valence-electron chi connectivity index (χ3n) is 4.13. The molecule has 0 spiro atoms. The molecular formula is C17H21ClF4N4S. The summed E-state index contributed by atoms with van der Waals surface area (Å²) in [4.78, 5) is 5.00. The van der Waals surface area contributed by atoms with Crippen LogP contribution in [0.15, 0.2) is 27.9 Å². The van der Waals surface area contributed by atoms with Gasteiger partial charge in [-0.1, -0.05) is 11.6 Å². The van der Waals surface area contributed by atoms with Gasteiger partial charge in [0.2, 0.25) is 0 Å². The maximum Gasteiger partial charge on any atom is 0.191 e. The molecule has 0 bridgehead atoms. The summed E-state index contributed by atoms with van der Waals surface area (Å²) >= 11 is 6.71. The Bertz CT molecular complexity index is 729. The largest absolute Gasteiger partial charge is 0.370 e. The fraction of sp³-hybridized carbons (Fsp3) is 0.471. The summed E-state index contributed by atoms with van der Waals surface area (Å²) in [5.74, 6) is -2.17. The first kappa shape index (κ1) is 21.8. The number of alkyl halides is 1. The molecule has 2 heterocycles. The lowest BCUT2D eigenvalue weighted by Gasteiger charge is -2.21. The van der Waals surface area contributed by atoms with Gasteiger partial charge in [-0.05, 0) is 37.9 Å². The van der Waals surface area contributed by atoms with Crippen LogP contribution in [0.1, 0.15) is 19.3 Å². The normalized spacial score (nSPS) is 19.2. The quantitative estimate of drug-likeness (QED) is 0.412. The van der Waals surface area contributed by atoms with Gasteiger partial charge in [-0.25, -0.2) is 13.8 Å². The summed E-state index contributed by atoms with van der Waals surface area (Å²) in [6.45, 7) is 0.405. The predicted molar refractivity (Wildman–Crippen MR) is 103 cm³/mol. The van der Waals surface area contributed by atoms with E-state index >= 15 is 0 Å². The minimum Gasteiger partial charge on any atom is -0.370 e. The predicted octanol–water partition coefficient (Wildman–Crippen LogP) is 4.59. The van der Waals surface area contributed by atoms with Crippen molar-refractivity contribution >= 4 is 35.2 Å². The van der Waals surface area contributed by atoms with E-state index in [0.717, 1.165) is 6.07 Å². The van der Waals surface area contributed by atoms with Gasteiger partial charge in [0.25, 0.3) is 0 Å². The lowest BCUT2D eigenvalue weighted by atomic mass is 10.1. The fourth-order valence-corrected chi connectivity index (χ4v) is 3.80. The Kier molecular flexibility index (Phi) is 8.25. The van der Waals surface area contributed by atoms with Crippen molar-refractivity contribution in [1.82, 2.24) is 4.72 Å². The highest BCUT2D eigenvalue weighted by molar-refractivity contribution is 7.97. The molecule has 0 radical (unpaired) electrons. The number of hydrogen-bond donors (Lipinski definition) is 2. The molecular weight excluding hydrogens is 404 g/mol. The number of aliphatic imine (C=N–C) groups is 1. The molecule has 1 atom stereocenters. The van der Waals surface area contributed by atoms with Gasteiger partial charge in [0.05, 0.1) is 12.4 Å². The summed E-state index contributed by atoms with van der Waals surface area (Å²) in [5, 5.41) is -0.211. The minimum absolute atomic E-state index is 0.149. The van der Waals surface area contributed by atoms with E-state index in [1.807, 2.05) is 0 Å². The molecule has 4 nitrogen and oxygen atoms in total. The van der Waals surface area contributed by atoms with Crippen molar-refractivity contribution in [2.75, 3.05) is 31.7 Å². The second-order valence-corrected chi connectivity index (χ2v) is 7.10. The van der Waals surface area contributed by atoms with Gasteiger partial charge in [-0.15, -0.1) is 0 Å². The maximum absolute atomic E-state index is 14.5. The summed E-state index contributed by atoms with van der Waals surface area (Å²) in [7, 11) is 1.50. The van der Waals surface area contributed by atoms with E-state index in [9.17, 15) is 17.6 Å². The second kappa shape index (κ2) is 10.2. The first-order chi connectivity index (χ1) is 13.0. The van der Waals surface area contributed by atoms with Crippen LogP contribution in [0.3, 0.4) is 0 Å². The van der Waals surface area contributed by atoms with Crippen molar-refractivity contribution in [2.45, 2.75) is 24.2 Å². The van der Waals surface area contributed by atoms with E-state index in [1.165, 1.54) is 7.05 Å². The smallest absolute Gasteiger partial charge is 0.191 e. The molecule has 1 unspecified atom stereocenters. The molecule has 3 rings (SSSR count). The van der Waals surface area contributed by atoms with Gasteiger partial charge in [-0.2, -0.15) is 4.39 Å². The van der Waals surface area contributed by atoms with Crippen LogP contribution < -0.4 is 15.4 Å². The van der Waals surface area contributed by atoms with Gasteiger partial charge >= 0.3 is 0 Å². The first-order valence-electron chi connectivity index (χ1n) is 8.41. The highest BCUT2D eigenvalue weighted by Crippen LogP contribution is 2.38. The van der Waals surface area contributed by atoms with Crippen molar-refractivity contribution < 1.29 is 17.6 Å². The monoisotopic (exact) mass is 424 g/mol. The number of halogens is 5. The number of hydrogen-bond acceptors (Lipinski definition) is 5. The van der Waals surface area contributed by atoms with Crippen LogP contribution in [0.5, 0.6) is 0 Å². The molecule has 0 aliphatic carbocycles. The molecule has 1 saturated heterocycles. The lowest BCUT2D eigenvalue weighted by Crippen LogP contribution is -2.21. The summed E-state index contributed by atoms with van der Waals surface area (Å²) in [5.41, 5.74) is 4.72. The van der Waals surface area contributed by atoms with E-state index in [-0.39, 0.29) is 33.8 Å². The Labute approximate surface area is 165 Å². The van der Waals surface area contributed by atoms with Crippen LogP contribution >= 0.6 is 23.5 Å². The number of anilines is 1. The van der Waals surface area contributed by atoms with Gasteiger partial charge in [-0.3, -0.25) is 4.39 Å². The number of nitrogens with one attached hydrogen (secondary N) is 1. The van der Waals surface area contributed by atoms with Crippen LogP contribution in [0.25, 0.3) is 0 Å². The average molecular weight is 425 g/mol. The number of benzene rings is 1. The molecule has 0 saturated carbocycles. The molecule has 1 aromatic rings. The maximum atomic E-state index is 14.5. The Hall–Kier alpha value is -1.45. The second-order valence-electron chi connectivity index (χ2n) is 5.91. The SMILES string of the molecule is CN.FCC1CCN(c2cc(F)c(SNC3=CCCC(F)=N3)c(F)c2Cl)C1. The summed E-state index contributed by atoms with van der Waals surface area (Å²) in [6, 6.07) is 1.15. The topological polar surface area (TPSA) is 53.6 Å². The highest BCUT2D eigenvalue weighted by atomic mass is 35.5. The number of nitrogens with zero attached hydrogens (tertiary/aromatic N) is 2. The van der Waals surface area contributed by atoms with Crippen LogP contribution in [0.4, 0.5) is 23.2 Å². The molecule has 10 heteroatoms. The first-order valence-corrected chi connectivity index (χ1v) is 9.61. The van der Waals surface area contributed by atoms with Crippen molar-refractivity contribution in [2.24, 2.45) is 16.6 Å². The Morgan fingerprint density at radius 3 is 2.74 bits per heavy atom. The van der Waals surface area contributed by atoms with Gasteiger partial charge in [0.1, 0.15) is 21.6 Å². The van der Waals surface area contributed by atoms with Gasteiger partial charge in [0, 0.05) is 31.5 Å². The van der Waals surface area contributed by atoms with Crippen molar-refractivity contribution in [3.05, 3.63) is 34.6 Å². The zero-order chi connectivity index (χ0) is 20.0. The Morgan fingerprint density at radius 2 is 2.11 bits per heavy atom. The fourth-order valence-electron chi connectivity index (χ4n) is 2.80. The van der Waals surface area contributed by atoms with E-state index in [4.69, 9.17) is 11.6 Å². The van der Waals surface area contributed by atoms with Crippen molar-refractivity contribution in [3.63, 3.8) is 0 Å². The van der Waals surface area contributed by atoms with Crippen molar-refractivity contribution in [1.29, 1.82) is 0 Å². The summed E-state index contributed by atoms with van der Waals surface area (Å²) in [6.07, 6.45) is 2.94. The molecule has 3 N–H and O–H groups in total. The zero-order valence-electron chi connectivity index (χ0n) is 14.7. The third-order valence-corrected chi connectivity index (χ3v) is 5.38. The van der Waals surface area contributed by atoms with E-state index in [0.29, 0.717) is 37.9 Å². The molecule has 2 aliphatic rings. The molecule has 1 aromatic carbocycles. The highest BCUT2D eigenvalue weighted by Gasteiger charge is 2.27. The Morgan fingerprint density at radius 1 is 1.37 bits per heavy atom. The Balaban J connectivity index is 0.00000126.